The minimum atomic E-state index is -3.67. The minimum Gasteiger partial charge on any atom is -0.277 e. The zero-order valence-corrected chi connectivity index (χ0v) is 9.51. The van der Waals surface area contributed by atoms with Gasteiger partial charge in [-0.2, -0.15) is 0 Å². The molecule has 1 aromatic carbocycles. The first-order valence-corrected chi connectivity index (χ1v) is 6.92. The Kier molecular flexibility index (Phi) is 2.81. The maximum atomic E-state index is 11.3. The summed E-state index contributed by atoms with van der Waals surface area (Å²) in [5.41, 5.74) is 0.613. The number of aliphatic imine (C=N–C) groups is 1. The molecule has 0 bridgehead atoms. The molecule has 1 aliphatic heterocycles. The number of nitrogens with two attached hydrogens (primary N) is 1. The van der Waals surface area contributed by atoms with Crippen molar-refractivity contribution in [3.8, 4) is 0 Å². The lowest BCUT2D eigenvalue weighted by Gasteiger charge is -2.05. The predicted octanol–water partition coefficient (Wildman–Crippen LogP) is 0.827. The molecule has 0 spiro atoms. The van der Waals surface area contributed by atoms with Gasteiger partial charge in [-0.3, -0.25) is 4.99 Å². The Morgan fingerprint density at radius 2 is 2.07 bits per heavy atom. The third-order valence-corrected chi connectivity index (χ3v) is 3.99. The van der Waals surface area contributed by atoms with Crippen LogP contribution in [0.3, 0.4) is 0 Å². The molecule has 4 nitrogen and oxygen atoms in total. The summed E-state index contributed by atoms with van der Waals surface area (Å²) in [4.78, 5) is 4.39. The Hall–Kier alpha value is -0.850. The molecular formula is C9H10N2O2S2. The lowest BCUT2D eigenvalue weighted by atomic mass is 10.2. The highest BCUT2D eigenvalue weighted by atomic mass is 32.2. The van der Waals surface area contributed by atoms with Gasteiger partial charge in [-0.25, -0.2) is 13.6 Å². The zero-order chi connectivity index (χ0) is 10.9. The molecule has 0 radical (unpaired) electrons. The van der Waals surface area contributed by atoms with E-state index in [-0.39, 0.29) is 4.90 Å². The van der Waals surface area contributed by atoms with Crippen LogP contribution in [0, 0.1) is 0 Å². The van der Waals surface area contributed by atoms with Crippen LogP contribution < -0.4 is 5.14 Å². The SMILES string of the molecule is NS(=O)(=O)c1ccccc1C1=NCCS1. The van der Waals surface area contributed by atoms with Crippen molar-refractivity contribution in [2.75, 3.05) is 12.3 Å². The summed E-state index contributed by atoms with van der Waals surface area (Å²) in [6, 6.07) is 6.68. The van der Waals surface area contributed by atoms with Crippen LogP contribution in [0.5, 0.6) is 0 Å². The van der Waals surface area contributed by atoms with Crippen LogP contribution in [0.25, 0.3) is 0 Å². The van der Waals surface area contributed by atoms with E-state index in [0.29, 0.717) is 5.56 Å². The monoisotopic (exact) mass is 242 g/mol. The van der Waals surface area contributed by atoms with Crippen LogP contribution in [0.4, 0.5) is 0 Å². The standard InChI is InChI=1S/C9H10N2O2S2/c10-15(12,13)8-4-2-1-3-7(8)9-11-5-6-14-9/h1-4H,5-6H2,(H2,10,12,13). The van der Waals surface area contributed by atoms with Gasteiger partial charge in [-0.15, -0.1) is 11.8 Å². The second-order valence-electron chi connectivity index (χ2n) is 3.08. The molecule has 0 aliphatic carbocycles. The van der Waals surface area contributed by atoms with Crippen LogP contribution in [0.15, 0.2) is 34.2 Å². The maximum absolute atomic E-state index is 11.3. The number of sulfonamides is 1. The average molecular weight is 242 g/mol. The highest BCUT2D eigenvalue weighted by Gasteiger charge is 2.19. The summed E-state index contributed by atoms with van der Waals surface area (Å²) < 4.78 is 22.6. The van der Waals surface area contributed by atoms with E-state index in [9.17, 15) is 8.42 Å². The average Bonchev–Trinajstić information content (AvgIpc) is 2.69. The number of hydrogen-bond acceptors (Lipinski definition) is 4. The fourth-order valence-corrected chi connectivity index (χ4v) is 3.09. The van der Waals surface area contributed by atoms with Gasteiger partial charge in [0.05, 0.1) is 9.94 Å². The number of benzene rings is 1. The summed E-state index contributed by atoms with van der Waals surface area (Å²) in [5.74, 6) is 0.897. The van der Waals surface area contributed by atoms with E-state index < -0.39 is 10.0 Å². The van der Waals surface area contributed by atoms with E-state index in [2.05, 4.69) is 4.99 Å². The summed E-state index contributed by atoms with van der Waals surface area (Å²) in [6.45, 7) is 0.735. The van der Waals surface area contributed by atoms with E-state index in [1.54, 1.807) is 30.0 Å². The second-order valence-corrected chi connectivity index (χ2v) is 5.69. The van der Waals surface area contributed by atoms with Crippen LogP contribution in [0.2, 0.25) is 0 Å². The fraction of sp³-hybridized carbons (Fsp3) is 0.222. The molecule has 0 saturated carbocycles. The first-order chi connectivity index (χ1) is 7.09. The van der Waals surface area contributed by atoms with Gasteiger partial charge in [-0.1, -0.05) is 18.2 Å². The zero-order valence-electron chi connectivity index (χ0n) is 7.88. The van der Waals surface area contributed by atoms with Gasteiger partial charge in [-0.05, 0) is 6.07 Å². The first-order valence-electron chi connectivity index (χ1n) is 4.38. The largest absolute Gasteiger partial charge is 0.277 e. The smallest absolute Gasteiger partial charge is 0.238 e. The highest BCUT2D eigenvalue weighted by Crippen LogP contribution is 2.23. The highest BCUT2D eigenvalue weighted by molar-refractivity contribution is 8.14. The van der Waals surface area contributed by atoms with Gasteiger partial charge in [0.1, 0.15) is 0 Å². The van der Waals surface area contributed by atoms with Gasteiger partial charge in [0.25, 0.3) is 0 Å². The van der Waals surface area contributed by atoms with Gasteiger partial charge in [0.2, 0.25) is 10.0 Å². The molecule has 0 amide bonds. The van der Waals surface area contributed by atoms with Gasteiger partial charge in [0, 0.05) is 17.9 Å². The van der Waals surface area contributed by atoms with Crippen LogP contribution in [-0.2, 0) is 10.0 Å². The molecule has 1 aromatic rings. The van der Waals surface area contributed by atoms with Crippen molar-refractivity contribution in [2.45, 2.75) is 4.90 Å². The number of hydrogen-bond donors (Lipinski definition) is 1. The lowest BCUT2D eigenvalue weighted by Crippen LogP contribution is -2.15. The molecule has 80 valence electrons. The van der Waals surface area contributed by atoms with Crippen molar-refractivity contribution in [3.05, 3.63) is 29.8 Å². The molecule has 0 atom stereocenters. The molecule has 0 unspecified atom stereocenters. The van der Waals surface area contributed by atoms with E-state index in [0.717, 1.165) is 17.3 Å². The lowest BCUT2D eigenvalue weighted by molar-refractivity contribution is 0.597. The van der Waals surface area contributed by atoms with Crippen molar-refractivity contribution >= 4 is 26.8 Å². The van der Waals surface area contributed by atoms with Crippen molar-refractivity contribution in [2.24, 2.45) is 10.1 Å². The molecule has 2 rings (SSSR count). The number of primary sulfonamides is 1. The van der Waals surface area contributed by atoms with E-state index in [1.165, 1.54) is 6.07 Å². The van der Waals surface area contributed by atoms with Gasteiger partial charge >= 0.3 is 0 Å². The number of rotatable bonds is 2. The normalized spacial score (nSPS) is 16.5. The Morgan fingerprint density at radius 3 is 2.67 bits per heavy atom. The van der Waals surface area contributed by atoms with Crippen LogP contribution in [0.1, 0.15) is 5.56 Å². The van der Waals surface area contributed by atoms with E-state index in [4.69, 9.17) is 5.14 Å². The van der Waals surface area contributed by atoms with Gasteiger partial charge in [0.15, 0.2) is 0 Å². The molecule has 6 heteroatoms. The third kappa shape index (κ3) is 2.22. The third-order valence-electron chi connectivity index (χ3n) is 2.01. The molecule has 15 heavy (non-hydrogen) atoms. The maximum Gasteiger partial charge on any atom is 0.238 e. The molecular weight excluding hydrogens is 232 g/mol. The van der Waals surface area contributed by atoms with E-state index >= 15 is 0 Å². The molecule has 0 aromatic heterocycles. The topological polar surface area (TPSA) is 72.5 Å². The predicted molar refractivity (Wildman–Crippen MR) is 61.7 cm³/mol. The summed E-state index contributed by atoms with van der Waals surface area (Å²) in [7, 11) is -3.67. The molecule has 0 fully saturated rings. The Balaban J connectivity index is 2.56. The number of thioether (sulfide) groups is 1. The van der Waals surface area contributed by atoms with Crippen LogP contribution >= 0.6 is 11.8 Å². The van der Waals surface area contributed by atoms with Crippen molar-refractivity contribution in [1.29, 1.82) is 0 Å². The summed E-state index contributed by atoms with van der Waals surface area (Å²) >= 11 is 1.56. The summed E-state index contributed by atoms with van der Waals surface area (Å²) in [6.07, 6.45) is 0. The quantitative estimate of drug-likeness (QED) is 0.834. The number of nitrogens with zero attached hydrogens (tertiary/aromatic N) is 1. The van der Waals surface area contributed by atoms with Crippen LogP contribution in [-0.4, -0.2) is 25.8 Å². The minimum absolute atomic E-state index is 0.151. The van der Waals surface area contributed by atoms with E-state index in [1.807, 2.05) is 0 Å². The first kappa shape index (κ1) is 10.7. The van der Waals surface area contributed by atoms with Crippen molar-refractivity contribution < 1.29 is 8.42 Å². The van der Waals surface area contributed by atoms with Crippen molar-refractivity contribution in [3.63, 3.8) is 0 Å². The second kappa shape index (κ2) is 3.96. The Labute approximate surface area is 92.6 Å². The van der Waals surface area contributed by atoms with Gasteiger partial charge < -0.3 is 0 Å². The molecule has 1 aliphatic rings. The molecule has 1 heterocycles. The van der Waals surface area contributed by atoms with Crippen molar-refractivity contribution in [1.82, 2.24) is 0 Å². The Morgan fingerprint density at radius 1 is 1.33 bits per heavy atom. The Bertz CT molecular complexity index is 509. The summed E-state index contributed by atoms with van der Waals surface area (Å²) in [5, 5.41) is 5.90. The molecule has 0 saturated heterocycles. The fourth-order valence-electron chi connectivity index (χ4n) is 1.39. The molecule has 2 N–H and O–H groups in total.